The van der Waals surface area contributed by atoms with Crippen LogP contribution in [0.2, 0.25) is 0 Å². The number of allylic oxidation sites excluding steroid dienone is 1. The summed E-state index contributed by atoms with van der Waals surface area (Å²) < 4.78 is 0. The highest BCUT2D eigenvalue weighted by Crippen LogP contribution is 2.27. The molecular weight excluding hydrogens is 210 g/mol. The van der Waals surface area contributed by atoms with E-state index in [1.165, 1.54) is 49.7 Å². The van der Waals surface area contributed by atoms with E-state index in [0.717, 1.165) is 0 Å². The van der Waals surface area contributed by atoms with Crippen LogP contribution >= 0.6 is 0 Å². The maximum atomic E-state index is 4.11. The minimum atomic E-state index is 0.286. The molecule has 1 atom stereocenters. The lowest BCUT2D eigenvalue weighted by atomic mass is 9.92. The van der Waals surface area contributed by atoms with Gasteiger partial charge in [-0.3, -0.25) is 0 Å². The molecule has 0 fully saturated rings. The lowest BCUT2D eigenvalue weighted by Gasteiger charge is -2.21. The Bertz CT molecular complexity index is 359. The Morgan fingerprint density at radius 2 is 1.88 bits per heavy atom. The van der Waals surface area contributed by atoms with Gasteiger partial charge in [-0.05, 0) is 32.7 Å². The number of aromatic nitrogens is 2. The standard InChI is InChI=1S/C14H21N3/c1-15-14(13-9-16-11-17-10-13)12-7-5-3-2-4-6-8-12/h7,9-11,14-15H,2-6,8H2,1H3. The summed E-state index contributed by atoms with van der Waals surface area (Å²) in [4.78, 5) is 8.22. The minimum Gasteiger partial charge on any atom is -0.310 e. The van der Waals surface area contributed by atoms with E-state index >= 15 is 0 Å². The van der Waals surface area contributed by atoms with Crippen LogP contribution in [0.15, 0.2) is 30.4 Å². The molecule has 0 radical (unpaired) electrons. The van der Waals surface area contributed by atoms with Crippen molar-refractivity contribution < 1.29 is 0 Å². The van der Waals surface area contributed by atoms with Crippen molar-refractivity contribution in [2.24, 2.45) is 0 Å². The van der Waals surface area contributed by atoms with Crippen LogP contribution < -0.4 is 5.32 Å². The molecule has 0 amide bonds. The van der Waals surface area contributed by atoms with Crippen molar-refractivity contribution in [3.63, 3.8) is 0 Å². The number of hydrogen-bond donors (Lipinski definition) is 1. The maximum absolute atomic E-state index is 4.11. The lowest BCUT2D eigenvalue weighted by Crippen LogP contribution is -2.19. The molecule has 3 nitrogen and oxygen atoms in total. The maximum Gasteiger partial charge on any atom is 0.115 e. The van der Waals surface area contributed by atoms with Gasteiger partial charge in [0.2, 0.25) is 0 Å². The Labute approximate surface area is 103 Å². The van der Waals surface area contributed by atoms with Crippen LogP contribution in [0, 0.1) is 0 Å². The normalized spacial score (nSPS) is 19.0. The zero-order valence-corrected chi connectivity index (χ0v) is 10.5. The van der Waals surface area contributed by atoms with Gasteiger partial charge < -0.3 is 5.32 Å². The number of hydrogen-bond acceptors (Lipinski definition) is 3. The van der Waals surface area contributed by atoms with Gasteiger partial charge in [-0.15, -0.1) is 0 Å². The van der Waals surface area contributed by atoms with Gasteiger partial charge in [0, 0.05) is 18.0 Å². The van der Waals surface area contributed by atoms with Crippen molar-refractivity contribution in [2.45, 2.75) is 44.6 Å². The smallest absolute Gasteiger partial charge is 0.115 e. The molecule has 1 aliphatic carbocycles. The molecule has 0 saturated heterocycles. The summed E-state index contributed by atoms with van der Waals surface area (Å²) in [6.07, 6.45) is 15.6. The molecule has 1 heterocycles. The monoisotopic (exact) mass is 231 g/mol. The second-order valence-corrected chi connectivity index (χ2v) is 4.63. The van der Waals surface area contributed by atoms with Crippen molar-refractivity contribution in [1.82, 2.24) is 15.3 Å². The molecule has 0 bridgehead atoms. The van der Waals surface area contributed by atoms with Crippen LogP contribution in [0.1, 0.15) is 50.1 Å². The van der Waals surface area contributed by atoms with Gasteiger partial charge in [-0.1, -0.05) is 24.5 Å². The van der Waals surface area contributed by atoms with E-state index in [2.05, 4.69) is 21.4 Å². The van der Waals surface area contributed by atoms with Gasteiger partial charge in [-0.2, -0.15) is 0 Å². The first-order chi connectivity index (χ1) is 8.42. The largest absolute Gasteiger partial charge is 0.310 e. The molecule has 1 aromatic heterocycles. The molecule has 0 saturated carbocycles. The molecule has 17 heavy (non-hydrogen) atoms. The van der Waals surface area contributed by atoms with Crippen molar-refractivity contribution in [3.8, 4) is 0 Å². The van der Waals surface area contributed by atoms with Crippen LogP contribution in [0.4, 0.5) is 0 Å². The van der Waals surface area contributed by atoms with Gasteiger partial charge in [0.25, 0.3) is 0 Å². The van der Waals surface area contributed by atoms with Crippen molar-refractivity contribution >= 4 is 0 Å². The van der Waals surface area contributed by atoms with Crippen molar-refractivity contribution in [2.75, 3.05) is 7.05 Å². The van der Waals surface area contributed by atoms with Gasteiger partial charge in [-0.25, -0.2) is 9.97 Å². The Balaban J connectivity index is 2.16. The topological polar surface area (TPSA) is 37.8 Å². The van der Waals surface area contributed by atoms with Crippen LogP contribution in [-0.2, 0) is 0 Å². The Morgan fingerprint density at radius 1 is 1.12 bits per heavy atom. The third kappa shape index (κ3) is 3.37. The number of nitrogens with zero attached hydrogens (tertiary/aromatic N) is 2. The zero-order chi connectivity index (χ0) is 11.9. The highest BCUT2D eigenvalue weighted by atomic mass is 14.9. The van der Waals surface area contributed by atoms with E-state index in [-0.39, 0.29) is 6.04 Å². The van der Waals surface area contributed by atoms with Crippen LogP contribution in [-0.4, -0.2) is 17.0 Å². The minimum absolute atomic E-state index is 0.286. The van der Waals surface area contributed by atoms with Crippen molar-refractivity contribution in [1.29, 1.82) is 0 Å². The van der Waals surface area contributed by atoms with E-state index in [1.807, 2.05) is 19.4 Å². The van der Waals surface area contributed by atoms with Gasteiger partial charge in [0.15, 0.2) is 0 Å². The van der Waals surface area contributed by atoms with E-state index < -0.39 is 0 Å². The molecule has 0 aliphatic heterocycles. The summed E-state index contributed by atoms with van der Waals surface area (Å²) in [5.41, 5.74) is 2.67. The first-order valence-corrected chi connectivity index (χ1v) is 6.53. The fourth-order valence-corrected chi connectivity index (χ4v) is 2.50. The summed E-state index contributed by atoms with van der Waals surface area (Å²) >= 11 is 0. The number of likely N-dealkylation sites (N-methyl/N-ethyl adjacent to an activating group) is 1. The fourth-order valence-electron chi connectivity index (χ4n) is 2.50. The third-order valence-electron chi connectivity index (χ3n) is 3.40. The number of rotatable bonds is 3. The van der Waals surface area contributed by atoms with E-state index in [4.69, 9.17) is 0 Å². The second-order valence-electron chi connectivity index (χ2n) is 4.63. The highest BCUT2D eigenvalue weighted by molar-refractivity contribution is 5.24. The third-order valence-corrected chi connectivity index (χ3v) is 3.40. The number of nitrogens with one attached hydrogen (secondary N) is 1. The average molecular weight is 231 g/mol. The summed E-state index contributed by atoms with van der Waals surface area (Å²) in [6.45, 7) is 0. The molecule has 1 aromatic rings. The highest BCUT2D eigenvalue weighted by Gasteiger charge is 2.15. The Hall–Kier alpha value is -1.22. The van der Waals surface area contributed by atoms with Gasteiger partial charge in [0.1, 0.15) is 6.33 Å². The van der Waals surface area contributed by atoms with E-state index in [1.54, 1.807) is 6.33 Å². The first kappa shape index (κ1) is 12.2. The predicted octanol–water partition coefficient (Wildman–Crippen LogP) is 3.02. The predicted molar refractivity (Wildman–Crippen MR) is 69.6 cm³/mol. The summed E-state index contributed by atoms with van der Waals surface area (Å²) in [5, 5.41) is 3.39. The quantitative estimate of drug-likeness (QED) is 0.813. The molecule has 1 aliphatic rings. The molecule has 0 spiro atoms. The Morgan fingerprint density at radius 3 is 2.65 bits per heavy atom. The average Bonchev–Trinajstić information content (AvgIpc) is 2.34. The molecule has 0 aromatic carbocycles. The first-order valence-electron chi connectivity index (χ1n) is 6.53. The molecule has 3 heteroatoms. The molecule has 1 N–H and O–H groups in total. The molecular formula is C14H21N3. The SMILES string of the molecule is CNC(C1=CCCCCCC1)c1cncnc1. The van der Waals surface area contributed by atoms with E-state index in [9.17, 15) is 0 Å². The molecule has 92 valence electrons. The van der Waals surface area contributed by atoms with Crippen LogP contribution in [0.3, 0.4) is 0 Å². The van der Waals surface area contributed by atoms with Crippen LogP contribution in [0.25, 0.3) is 0 Å². The summed E-state index contributed by atoms with van der Waals surface area (Å²) in [6, 6.07) is 0.286. The summed E-state index contributed by atoms with van der Waals surface area (Å²) in [5.74, 6) is 0. The lowest BCUT2D eigenvalue weighted by molar-refractivity contribution is 0.572. The van der Waals surface area contributed by atoms with Gasteiger partial charge in [0.05, 0.1) is 6.04 Å². The molecule has 1 unspecified atom stereocenters. The molecule has 2 rings (SSSR count). The summed E-state index contributed by atoms with van der Waals surface area (Å²) in [7, 11) is 2.01. The van der Waals surface area contributed by atoms with Gasteiger partial charge >= 0.3 is 0 Å². The van der Waals surface area contributed by atoms with E-state index in [0.29, 0.717) is 0 Å². The zero-order valence-electron chi connectivity index (χ0n) is 10.5. The van der Waals surface area contributed by atoms with Crippen molar-refractivity contribution in [3.05, 3.63) is 35.9 Å². The van der Waals surface area contributed by atoms with Crippen LogP contribution in [0.5, 0.6) is 0 Å². The Kier molecular flexibility index (Phi) is 4.68. The second kappa shape index (κ2) is 6.50. The fraction of sp³-hybridized carbons (Fsp3) is 0.571.